The lowest BCUT2D eigenvalue weighted by atomic mass is 10.1. The van der Waals surface area contributed by atoms with E-state index in [-0.39, 0.29) is 11.7 Å². The third-order valence-corrected chi connectivity index (χ3v) is 3.08. The number of halogens is 1. The highest BCUT2D eigenvalue weighted by atomic mass is 35.5. The van der Waals surface area contributed by atoms with Gasteiger partial charge < -0.3 is 5.32 Å². The fourth-order valence-corrected chi connectivity index (χ4v) is 1.89. The van der Waals surface area contributed by atoms with E-state index in [1.54, 1.807) is 12.1 Å². The molecule has 0 radical (unpaired) electrons. The zero-order valence-electron chi connectivity index (χ0n) is 10.3. The summed E-state index contributed by atoms with van der Waals surface area (Å²) in [5, 5.41) is 14.5. The molecule has 0 aromatic heterocycles. The van der Waals surface area contributed by atoms with Crippen LogP contribution in [0.15, 0.2) is 48.5 Å². The van der Waals surface area contributed by atoms with Crippen LogP contribution in [0.5, 0.6) is 0 Å². The predicted molar refractivity (Wildman–Crippen MR) is 76.6 cm³/mol. The highest BCUT2D eigenvalue weighted by molar-refractivity contribution is 6.30. The molecule has 2 aromatic rings. The van der Waals surface area contributed by atoms with Gasteiger partial charge in [-0.05, 0) is 36.8 Å². The second-order valence-corrected chi connectivity index (χ2v) is 4.66. The van der Waals surface area contributed by atoms with E-state index in [1.807, 2.05) is 31.2 Å². The van der Waals surface area contributed by atoms with Crippen molar-refractivity contribution in [1.82, 2.24) is 0 Å². The van der Waals surface area contributed by atoms with Crippen molar-refractivity contribution in [3.05, 3.63) is 69.2 Å². The summed E-state index contributed by atoms with van der Waals surface area (Å²) in [7, 11) is 0. The van der Waals surface area contributed by atoms with E-state index in [0.717, 1.165) is 11.3 Å². The van der Waals surface area contributed by atoms with Gasteiger partial charge in [0.1, 0.15) is 0 Å². The highest BCUT2D eigenvalue weighted by Gasteiger charge is 2.07. The van der Waals surface area contributed by atoms with Gasteiger partial charge in [0.15, 0.2) is 0 Å². The van der Waals surface area contributed by atoms with Gasteiger partial charge >= 0.3 is 0 Å². The quantitative estimate of drug-likeness (QED) is 0.664. The van der Waals surface area contributed by atoms with Crippen molar-refractivity contribution >= 4 is 23.0 Å². The Bertz CT molecular complexity index is 567. The van der Waals surface area contributed by atoms with E-state index in [4.69, 9.17) is 11.6 Å². The van der Waals surface area contributed by atoms with Gasteiger partial charge in [0, 0.05) is 28.9 Å². The van der Waals surface area contributed by atoms with Crippen molar-refractivity contribution in [2.45, 2.75) is 13.0 Å². The van der Waals surface area contributed by atoms with E-state index < -0.39 is 4.92 Å². The highest BCUT2D eigenvalue weighted by Crippen LogP contribution is 2.22. The Labute approximate surface area is 116 Å². The predicted octanol–water partition coefficient (Wildman–Crippen LogP) is 4.42. The molecule has 1 unspecified atom stereocenters. The van der Waals surface area contributed by atoms with Crippen LogP contribution in [0.25, 0.3) is 0 Å². The van der Waals surface area contributed by atoms with Crippen molar-refractivity contribution in [3.8, 4) is 0 Å². The number of hydrogen-bond donors (Lipinski definition) is 1. The van der Waals surface area contributed by atoms with Gasteiger partial charge in [-0.3, -0.25) is 10.1 Å². The Morgan fingerprint density at radius 2 is 1.68 bits per heavy atom. The fourth-order valence-electron chi connectivity index (χ4n) is 1.76. The molecule has 4 nitrogen and oxygen atoms in total. The van der Waals surface area contributed by atoms with Crippen molar-refractivity contribution in [1.29, 1.82) is 0 Å². The van der Waals surface area contributed by atoms with Crippen LogP contribution in [0.1, 0.15) is 18.5 Å². The van der Waals surface area contributed by atoms with Gasteiger partial charge in [-0.25, -0.2) is 0 Å². The molecular formula is C14H13ClN2O2. The van der Waals surface area contributed by atoms with E-state index >= 15 is 0 Å². The fraction of sp³-hybridized carbons (Fsp3) is 0.143. The Kier molecular flexibility index (Phi) is 4.02. The number of rotatable bonds is 4. The minimum absolute atomic E-state index is 0.0877. The molecule has 0 aliphatic carbocycles. The number of hydrogen-bond acceptors (Lipinski definition) is 3. The first-order valence-electron chi connectivity index (χ1n) is 5.83. The van der Waals surface area contributed by atoms with Crippen LogP contribution >= 0.6 is 11.6 Å². The summed E-state index contributed by atoms with van der Waals surface area (Å²) in [5.74, 6) is 0. The van der Waals surface area contributed by atoms with Gasteiger partial charge in [0.05, 0.1) is 4.92 Å². The van der Waals surface area contributed by atoms with Crippen molar-refractivity contribution < 1.29 is 4.92 Å². The monoisotopic (exact) mass is 276 g/mol. The Morgan fingerprint density at radius 1 is 1.11 bits per heavy atom. The molecule has 0 bridgehead atoms. The number of non-ortho nitro benzene ring substituents is 1. The average Bonchev–Trinajstić information content (AvgIpc) is 2.40. The summed E-state index contributed by atoms with van der Waals surface area (Å²) in [6.07, 6.45) is 0. The van der Waals surface area contributed by atoms with E-state index in [9.17, 15) is 10.1 Å². The normalized spacial score (nSPS) is 11.9. The zero-order valence-corrected chi connectivity index (χ0v) is 11.1. The summed E-state index contributed by atoms with van der Waals surface area (Å²) < 4.78 is 0. The molecule has 0 saturated heterocycles. The molecule has 0 spiro atoms. The average molecular weight is 277 g/mol. The lowest BCUT2D eigenvalue weighted by Crippen LogP contribution is -2.06. The molecule has 98 valence electrons. The maximum Gasteiger partial charge on any atom is 0.269 e. The molecule has 1 N–H and O–H groups in total. The molecular weight excluding hydrogens is 264 g/mol. The number of anilines is 1. The summed E-state index contributed by atoms with van der Waals surface area (Å²) in [4.78, 5) is 10.2. The number of nitro groups is 1. The molecule has 0 aliphatic heterocycles. The van der Waals surface area contributed by atoms with Gasteiger partial charge in [0.2, 0.25) is 0 Å². The van der Waals surface area contributed by atoms with Gasteiger partial charge in [-0.2, -0.15) is 0 Å². The first-order chi connectivity index (χ1) is 9.06. The molecule has 2 aromatic carbocycles. The third kappa shape index (κ3) is 3.45. The SMILES string of the molecule is CC(Nc1ccc([N+](=O)[O-])cc1)c1ccc(Cl)cc1. The maximum absolute atomic E-state index is 10.6. The first kappa shape index (κ1) is 13.4. The molecule has 1 atom stereocenters. The second-order valence-electron chi connectivity index (χ2n) is 4.22. The molecule has 19 heavy (non-hydrogen) atoms. The molecule has 2 rings (SSSR count). The molecule has 0 amide bonds. The van der Waals surface area contributed by atoms with Crippen LogP contribution in [0.2, 0.25) is 5.02 Å². The van der Waals surface area contributed by atoms with Crippen LogP contribution in [0.4, 0.5) is 11.4 Å². The van der Waals surface area contributed by atoms with Crippen molar-refractivity contribution in [2.75, 3.05) is 5.32 Å². The lowest BCUT2D eigenvalue weighted by Gasteiger charge is -2.15. The largest absolute Gasteiger partial charge is 0.379 e. The second kappa shape index (κ2) is 5.71. The summed E-state index contributed by atoms with van der Waals surface area (Å²) in [6, 6.07) is 14.0. The van der Waals surface area contributed by atoms with Crippen LogP contribution in [-0.4, -0.2) is 4.92 Å². The topological polar surface area (TPSA) is 55.2 Å². The number of nitrogens with zero attached hydrogens (tertiary/aromatic N) is 1. The molecule has 0 saturated carbocycles. The Balaban J connectivity index is 2.08. The van der Waals surface area contributed by atoms with E-state index in [0.29, 0.717) is 5.02 Å². The van der Waals surface area contributed by atoms with E-state index in [1.165, 1.54) is 12.1 Å². The van der Waals surface area contributed by atoms with Crippen LogP contribution < -0.4 is 5.32 Å². The summed E-state index contributed by atoms with van der Waals surface area (Å²) in [6.45, 7) is 2.02. The van der Waals surface area contributed by atoms with Gasteiger partial charge in [-0.15, -0.1) is 0 Å². The molecule has 5 heteroatoms. The first-order valence-corrected chi connectivity index (χ1v) is 6.20. The molecule has 0 heterocycles. The number of nitro benzene ring substituents is 1. The van der Waals surface area contributed by atoms with Gasteiger partial charge in [0.25, 0.3) is 5.69 Å². The Hall–Kier alpha value is -2.07. The minimum atomic E-state index is -0.410. The van der Waals surface area contributed by atoms with Crippen molar-refractivity contribution in [3.63, 3.8) is 0 Å². The zero-order chi connectivity index (χ0) is 13.8. The van der Waals surface area contributed by atoms with E-state index in [2.05, 4.69) is 5.32 Å². The minimum Gasteiger partial charge on any atom is -0.379 e. The number of nitrogens with one attached hydrogen (secondary N) is 1. The lowest BCUT2D eigenvalue weighted by molar-refractivity contribution is -0.384. The third-order valence-electron chi connectivity index (χ3n) is 2.83. The van der Waals surface area contributed by atoms with Crippen LogP contribution in [0, 0.1) is 10.1 Å². The molecule has 0 fully saturated rings. The number of benzene rings is 2. The molecule has 0 aliphatic rings. The van der Waals surface area contributed by atoms with Crippen molar-refractivity contribution in [2.24, 2.45) is 0 Å². The summed E-state index contributed by atoms with van der Waals surface area (Å²) >= 11 is 5.84. The smallest absolute Gasteiger partial charge is 0.269 e. The van der Waals surface area contributed by atoms with Crippen LogP contribution in [0.3, 0.4) is 0 Å². The standard InChI is InChI=1S/C14H13ClN2O2/c1-10(11-2-4-12(15)5-3-11)16-13-6-8-14(9-7-13)17(18)19/h2-10,16H,1H3. The maximum atomic E-state index is 10.6. The van der Waals surface area contributed by atoms with Gasteiger partial charge in [-0.1, -0.05) is 23.7 Å². The van der Waals surface area contributed by atoms with Crippen LogP contribution in [-0.2, 0) is 0 Å². The summed E-state index contributed by atoms with van der Waals surface area (Å²) in [5.41, 5.74) is 2.03. The Morgan fingerprint density at radius 3 is 2.21 bits per heavy atom.